The normalized spacial score (nSPS) is 18.5. The van der Waals surface area contributed by atoms with Crippen molar-refractivity contribution in [3.63, 3.8) is 0 Å². The van der Waals surface area contributed by atoms with Gasteiger partial charge in [-0.2, -0.15) is 0 Å². The number of hydrogen-bond acceptors (Lipinski definition) is 8. The average molecular weight is 832 g/mol. The van der Waals surface area contributed by atoms with Gasteiger partial charge in [-0.3, -0.25) is 9.59 Å². The molecule has 0 spiro atoms. The van der Waals surface area contributed by atoms with Gasteiger partial charge in [0.15, 0.2) is 0 Å². The van der Waals surface area contributed by atoms with Crippen LogP contribution in [0.1, 0.15) is 91.5 Å². The lowest BCUT2D eigenvalue weighted by molar-refractivity contribution is -0.00475. The average Bonchev–Trinajstić information content (AvgIpc) is 3.54. The molecule has 6 heterocycles. The number of aliphatic hydroxyl groups is 2. The molecule has 0 amide bonds. The summed E-state index contributed by atoms with van der Waals surface area (Å²) >= 11 is 15.6. The molecule has 2 aromatic carbocycles. The van der Waals surface area contributed by atoms with Crippen molar-refractivity contribution in [1.82, 2.24) is 9.13 Å². The van der Waals surface area contributed by atoms with E-state index in [1.165, 1.54) is 20.9 Å². The molecule has 0 bridgehead atoms. The van der Waals surface area contributed by atoms with Gasteiger partial charge in [0.05, 0.1) is 12.2 Å². The number of aryl methyl sites for hydroxylation is 4. The molecule has 0 saturated carbocycles. The van der Waals surface area contributed by atoms with E-state index in [0.717, 1.165) is 54.3 Å². The zero-order valence-corrected chi connectivity index (χ0v) is 35.2. The molecule has 292 valence electrons. The second-order valence-electron chi connectivity index (χ2n) is 14.4. The highest BCUT2D eigenvalue weighted by molar-refractivity contribution is 7.16. The van der Waals surface area contributed by atoms with Crippen LogP contribution in [0.3, 0.4) is 0 Å². The van der Waals surface area contributed by atoms with Crippen LogP contribution in [-0.4, -0.2) is 32.6 Å². The van der Waals surface area contributed by atoms with E-state index in [-0.39, 0.29) is 48.7 Å². The first-order chi connectivity index (χ1) is 26.8. The molecular weight excluding hydrogens is 788 g/mol. The van der Waals surface area contributed by atoms with Crippen molar-refractivity contribution in [3.8, 4) is 20.9 Å². The summed E-state index contributed by atoms with van der Waals surface area (Å²) in [7, 11) is 3.53. The Balaban J connectivity index is 0.000000172. The van der Waals surface area contributed by atoms with E-state index in [9.17, 15) is 19.8 Å². The van der Waals surface area contributed by atoms with E-state index in [4.69, 9.17) is 32.7 Å². The zero-order chi connectivity index (χ0) is 40.0. The molecule has 6 aromatic rings. The van der Waals surface area contributed by atoms with E-state index in [1.807, 2.05) is 60.9 Å². The van der Waals surface area contributed by atoms with Crippen LogP contribution in [0.2, 0.25) is 10.0 Å². The Morgan fingerprint density at radius 3 is 1.32 bits per heavy atom. The number of aliphatic hydroxyl groups excluding tert-OH is 2. The maximum absolute atomic E-state index is 12.4. The predicted octanol–water partition coefficient (Wildman–Crippen LogP) is 9.85. The number of hydrogen-bond donors (Lipinski definition) is 2. The summed E-state index contributed by atoms with van der Waals surface area (Å²) in [6.07, 6.45) is 3.33. The Morgan fingerprint density at radius 1 is 0.625 bits per heavy atom. The molecule has 2 aliphatic heterocycles. The van der Waals surface area contributed by atoms with Gasteiger partial charge in [-0.1, -0.05) is 47.5 Å². The third-order valence-electron chi connectivity index (χ3n) is 10.8. The number of aromatic nitrogens is 2. The number of nitrogens with zero attached hydrogens (tertiary/aromatic N) is 2. The minimum atomic E-state index is -0.367. The number of pyridine rings is 2. The summed E-state index contributed by atoms with van der Waals surface area (Å²) in [5.41, 5.74) is 10.2. The zero-order valence-electron chi connectivity index (χ0n) is 32.1. The molecule has 0 radical (unpaired) electrons. The van der Waals surface area contributed by atoms with Crippen molar-refractivity contribution in [2.45, 2.75) is 65.0 Å². The maximum atomic E-state index is 12.4. The van der Waals surface area contributed by atoms with Crippen LogP contribution in [0, 0.1) is 27.7 Å². The highest BCUT2D eigenvalue weighted by Crippen LogP contribution is 2.51. The number of benzene rings is 2. The minimum absolute atomic E-state index is 0.0156. The Labute approximate surface area is 344 Å². The molecular formula is C44H44Cl2N2O6S2. The Hall–Kier alpha value is -3.84. The first kappa shape index (κ1) is 40.4. The monoisotopic (exact) mass is 830 g/mol. The molecule has 2 unspecified atom stereocenters. The lowest BCUT2D eigenvalue weighted by Gasteiger charge is -2.24. The second kappa shape index (κ2) is 16.6. The van der Waals surface area contributed by atoms with Crippen molar-refractivity contribution < 1.29 is 19.7 Å². The van der Waals surface area contributed by atoms with Gasteiger partial charge in [-0.25, -0.2) is 0 Å². The van der Waals surface area contributed by atoms with Gasteiger partial charge < -0.3 is 28.8 Å². The van der Waals surface area contributed by atoms with Gasteiger partial charge in [0.2, 0.25) is 0 Å². The Bertz CT molecular complexity index is 2340. The van der Waals surface area contributed by atoms with Crippen LogP contribution in [-0.2, 0) is 23.6 Å². The maximum Gasteiger partial charge on any atom is 0.250 e. The SMILES string of the molecule is Cc1sc2c(c1C)C(c1ccc(Cl)cc1)O[C@@H](CCO)c1cc(=O)n(C)cc1-2.Cc1sc2c(c1C)C(c1ccc(Cl)cc1)O[C@H](CCO)c1cc(=O)n(C)cc1-2. The van der Waals surface area contributed by atoms with Gasteiger partial charge in [0.25, 0.3) is 11.1 Å². The number of thiophene rings is 2. The van der Waals surface area contributed by atoms with Crippen molar-refractivity contribution in [3.05, 3.63) is 158 Å². The lowest BCUT2D eigenvalue weighted by atomic mass is 9.95. The van der Waals surface area contributed by atoms with Crippen molar-refractivity contribution in [2.24, 2.45) is 14.1 Å². The first-order valence-corrected chi connectivity index (χ1v) is 20.8. The van der Waals surface area contributed by atoms with Gasteiger partial charge in [0, 0.05) is 116 Å². The molecule has 8 rings (SSSR count). The van der Waals surface area contributed by atoms with Crippen LogP contribution in [0.25, 0.3) is 20.9 Å². The van der Waals surface area contributed by atoms with Gasteiger partial charge >= 0.3 is 0 Å². The molecule has 2 aliphatic rings. The summed E-state index contributed by atoms with van der Waals surface area (Å²) in [6.45, 7) is 8.42. The molecule has 12 heteroatoms. The largest absolute Gasteiger partial charge is 0.396 e. The summed E-state index contributed by atoms with van der Waals surface area (Å²) in [5.74, 6) is 0. The third-order valence-corrected chi connectivity index (χ3v) is 13.8. The molecule has 2 N–H and O–H groups in total. The fourth-order valence-electron chi connectivity index (χ4n) is 7.58. The van der Waals surface area contributed by atoms with Crippen molar-refractivity contribution >= 4 is 45.9 Å². The Morgan fingerprint density at radius 2 is 0.982 bits per heavy atom. The van der Waals surface area contributed by atoms with Gasteiger partial charge in [-0.15, -0.1) is 22.7 Å². The van der Waals surface area contributed by atoms with E-state index < -0.39 is 0 Å². The van der Waals surface area contributed by atoms with E-state index in [2.05, 4.69) is 27.7 Å². The second-order valence-corrected chi connectivity index (χ2v) is 17.7. The molecule has 0 aliphatic carbocycles. The van der Waals surface area contributed by atoms with E-state index in [0.29, 0.717) is 22.9 Å². The predicted molar refractivity (Wildman–Crippen MR) is 227 cm³/mol. The topological polar surface area (TPSA) is 103 Å². The molecule has 8 nitrogen and oxygen atoms in total. The van der Waals surface area contributed by atoms with Crippen molar-refractivity contribution in [2.75, 3.05) is 13.2 Å². The minimum Gasteiger partial charge on any atom is -0.396 e. The van der Waals surface area contributed by atoms with Gasteiger partial charge in [0.1, 0.15) is 12.2 Å². The quantitative estimate of drug-likeness (QED) is 0.173. The first-order valence-electron chi connectivity index (χ1n) is 18.5. The number of rotatable bonds is 6. The van der Waals surface area contributed by atoms with Crippen LogP contribution in [0.4, 0.5) is 0 Å². The fourth-order valence-corrected chi connectivity index (χ4v) is 10.3. The third kappa shape index (κ3) is 7.62. The summed E-state index contributed by atoms with van der Waals surface area (Å²) in [6, 6.07) is 18.7. The van der Waals surface area contributed by atoms with Crippen LogP contribution < -0.4 is 11.1 Å². The molecule has 56 heavy (non-hydrogen) atoms. The van der Waals surface area contributed by atoms with Gasteiger partial charge in [-0.05, 0) is 85.3 Å². The highest BCUT2D eigenvalue weighted by Gasteiger charge is 2.35. The Kier molecular flexibility index (Phi) is 11.9. The molecule has 4 atom stereocenters. The summed E-state index contributed by atoms with van der Waals surface area (Å²) in [4.78, 5) is 29.4. The van der Waals surface area contributed by atoms with Crippen LogP contribution in [0.15, 0.2) is 82.6 Å². The summed E-state index contributed by atoms with van der Waals surface area (Å²) in [5, 5.41) is 20.6. The van der Waals surface area contributed by atoms with E-state index >= 15 is 0 Å². The van der Waals surface area contributed by atoms with E-state index in [1.54, 1.807) is 58.0 Å². The number of fused-ring (bicyclic) bond motifs is 6. The number of ether oxygens (including phenoxy) is 2. The molecule has 0 fully saturated rings. The smallest absolute Gasteiger partial charge is 0.250 e. The summed E-state index contributed by atoms with van der Waals surface area (Å²) < 4.78 is 16.4. The molecule has 0 saturated heterocycles. The lowest BCUT2D eigenvalue weighted by Crippen LogP contribution is -2.19. The van der Waals surface area contributed by atoms with Crippen LogP contribution >= 0.6 is 45.9 Å². The standard InChI is InChI=1S/2C22H22ClNO3S/c2*1-12-13(2)28-22-17-11-24(3)19(26)10-16(17)18(8-9-25)27-21(20(12)22)14-4-6-15(23)7-5-14/h2*4-7,10-11,18,21,25H,8-9H2,1-3H3/t2*18-,21?/m10/s1. The van der Waals surface area contributed by atoms with Crippen molar-refractivity contribution in [1.29, 1.82) is 0 Å². The number of halogens is 2. The fraction of sp³-hybridized carbons (Fsp3) is 0.318. The molecule has 4 aromatic heterocycles. The van der Waals surface area contributed by atoms with Crippen LogP contribution in [0.5, 0.6) is 0 Å². The highest BCUT2D eigenvalue weighted by atomic mass is 35.5.